The summed E-state index contributed by atoms with van der Waals surface area (Å²) in [5.41, 5.74) is 3.89. The highest BCUT2D eigenvalue weighted by molar-refractivity contribution is 5.93. The Hall–Kier alpha value is -2.89. The predicted octanol–water partition coefficient (Wildman–Crippen LogP) is 3.25. The van der Waals surface area contributed by atoms with Crippen LogP contribution in [0.15, 0.2) is 30.1 Å². The molecule has 0 fully saturated rings. The molecule has 0 atom stereocenters. The van der Waals surface area contributed by atoms with E-state index in [2.05, 4.69) is 10.1 Å². The van der Waals surface area contributed by atoms with E-state index in [1.807, 2.05) is 50.7 Å². The van der Waals surface area contributed by atoms with Crippen LogP contribution < -0.4 is 0 Å². The first-order chi connectivity index (χ1) is 11.4. The van der Waals surface area contributed by atoms with Gasteiger partial charge in [0.05, 0.1) is 5.69 Å². The van der Waals surface area contributed by atoms with Crippen molar-refractivity contribution in [3.63, 3.8) is 0 Å². The number of nitrogens with zero attached hydrogens (tertiary/aromatic N) is 4. The fraction of sp³-hybridized carbons (Fsp3) is 0.278. The van der Waals surface area contributed by atoms with Gasteiger partial charge < -0.3 is 5.11 Å². The molecule has 0 spiro atoms. The van der Waals surface area contributed by atoms with Gasteiger partial charge in [0, 0.05) is 36.0 Å². The van der Waals surface area contributed by atoms with Crippen LogP contribution in [0.3, 0.4) is 0 Å². The van der Waals surface area contributed by atoms with Crippen LogP contribution in [0.2, 0.25) is 0 Å². The molecule has 0 aromatic carbocycles. The summed E-state index contributed by atoms with van der Waals surface area (Å²) in [6.07, 6.45) is 5.93. The van der Waals surface area contributed by atoms with E-state index in [1.54, 1.807) is 17.0 Å². The molecular formula is C18H20N4O2. The molecule has 0 aliphatic heterocycles. The maximum atomic E-state index is 11.4. The molecular weight excluding hydrogens is 304 g/mol. The van der Waals surface area contributed by atoms with Crippen LogP contribution in [0.4, 0.5) is 0 Å². The Morgan fingerprint density at radius 2 is 2.12 bits per heavy atom. The SMILES string of the molecule is CCC(=Cc1c(C)nn(C)c1-n1cc(C)c2cccnc21)C(=O)O. The van der Waals surface area contributed by atoms with Crippen molar-refractivity contribution in [2.75, 3.05) is 0 Å². The maximum absolute atomic E-state index is 11.4. The van der Waals surface area contributed by atoms with Gasteiger partial charge in [0.2, 0.25) is 0 Å². The molecule has 0 saturated carbocycles. The molecule has 6 heteroatoms. The van der Waals surface area contributed by atoms with Crippen molar-refractivity contribution in [1.82, 2.24) is 19.3 Å². The van der Waals surface area contributed by atoms with E-state index < -0.39 is 5.97 Å². The third-order valence-corrected chi connectivity index (χ3v) is 4.20. The summed E-state index contributed by atoms with van der Waals surface area (Å²) < 4.78 is 3.75. The topological polar surface area (TPSA) is 72.9 Å². The molecule has 24 heavy (non-hydrogen) atoms. The summed E-state index contributed by atoms with van der Waals surface area (Å²) in [5, 5.41) is 14.9. The van der Waals surface area contributed by atoms with E-state index in [1.165, 1.54) is 0 Å². The number of pyridine rings is 1. The molecule has 3 rings (SSSR count). The van der Waals surface area contributed by atoms with Crippen LogP contribution in [-0.4, -0.2) is 30.4 Å². The molecule has 3 aromatic heterocycles. The van der Waals surface area contributed by atoms with E-state index in [0.29, 0.717) is 12.0 Å². The molecule has 3 aromatic rings. The van der Waals surface area contributed by atoms with Crippen molar-refractivity contribution in [3.05, 3.63) is 46.9 Å². The van der Waals surface area contributed by atoms with Crippen molar-refractivity contribution >= 4 is 23.1 Å². The largest absolute Gasteiger partial charge is 0.478 e. The lowest BCUT2D eigenvalue weighted by molar-refractivity contribution is -0.132. The number of aromatic nitrogens is 4. The van der Waals surface area contributed by atoms with Gasteiger partial charge in [-0.3, -0.25) is 9.25 Å². The molecule has 124 valence electrons. The van der Waals surface area contributed by atoms with Crippen LogP contribution in [0.1, 0.15) is 30.2 Å². The first-order valence-electron chi connectivity index (χ1n) is 7.84. The predicted molar refractivity (Wildman–Crippen MR) is 93.2 cm³/mol. The third-order valence-electron chi connectivity index (χ3n) is 4.20. The van der Waals surface area contributed by atoms with Crippen molar-refractivity contribution in [2.45, 2.75) is 27.2 Å². The highest BCUT2D eigenvalue weighted by Gasteiger charge is 2.18. The van der Waals surface area contributed by atoms with E-state index in [0.717, 1.165) is 33.7 Å². The molecule has 6 nitrogen and oxygen atoms in total. The quantitative estimate of drug-likeness (QED) is 0.748. The molecule has 0 amide bonds. The van der Waals surface area contributed by atoms with Crippen LogP contribution >= 0.6 is 0 Å². The second kappa shape index (κ2) is 5.96. The lowest BCUT2D eigenvalue weighted by Crippen LogP contribution is -2.05. The smallest absolute Gasteiger partial charge is 0.331 e. The van der Waals surface area contributed by atoms with Crippen molar-refractivity contribution < 1.29 is 9.90 Å². The zero-order valence-electron chi connectivity index (χ0n) is 14.2. The van der Waals surface area contributed by atoms with Crippen LogP contribution in [-0.2, 0) is 11.8 Å². The Balaban J connectivity index is 2.31. The monoisotopic (exact) mass is 324 g/mol. The van der Waals surface area contributed by atoms with Gasteiger partial charge in [-0.2, -0.15) is 5.10 Å². The fourth-order valence-electron chi connectivity index (χ4n) is 2.99. The second-order valence-corrected chi connectivity index (χ2v) is 5.83. The Kier molecular flexibility index (Phi) is 3.97. The minimum absolute atomic E-state index is 0.355. The molecule has 3 heterocycles. The Morgan fingerprint density at radius 1 is 1.38 bits per heavy atom. The van der Waals surface area contributed by atoms with Gasteiger partial charge in [0.15, 0.2) is 0 Å². The van der Waals surface area contributed by atoms with Gasteiger partial charge in [-0.15, -0.1) is 0 Å². The van der Waals surface area contributed by atoms with Gasteiger partial charge >= 0.3 is 5.97 Å². The molecule has 0 aliphatic carbocycles. The number of fused-ring (bicyclic) bond motifs is 1. The summed E-state index contributed by atoms with van der Waals surface area (Å²) in [5.74, 6) is -0.0881. The number of carboxylic acids is 1. The average Bonchev–Trinajstić information content (AvgIpc) is 3.01. The number of aliphatic carboxylic acids is 1. The van der Waals surface area contributed by atoms with Crippen molar-refractivity contribution in [1.29, 1.82) is 0 Å². The maximum Gasteiger partial charge on any atom is 0.331 e. The summed E-state index contributed by atoms with van der Waals surface area (Å²) >= 11 is 0. The first-order valence-corrected chi connectivity index (χ1v) is 7.84. The van der Waals surface area contributed by atoms with Gasteiger partial charge in [0.25, 0.3) is 0 Å². The number of carbonyl (C=O) groups is 1. The first kappa shape index (κ1) is 16.0. The molecule has 1 N–H and O–H groups in total. The number of rotatable bonds is 4. The van der Waals surface area contributed by atoms with Crippen LogP contribution in [0, 0.1) is 13.8 Å². The summed E-state index contributed by atoms with van der Waals surface area (Å²) in [4.78, 5) is 15.9. The van der Waals surface area contributed by atoms with Gasteiger partial charge in [-0.25, -0.2) is 9.78 Å². The number of aryl methyl sites for hydroxylation is 3. The molecule has 0 radical (unpaired) electrons. The van der Waals surface area contributed by atoms with E-state index >= 15 is 0 Å². The molecule has 0 aliphatic rings. The summed E-state index contributed by atoms with van der Waals surface area (Å²) in [7, 11) is 1.86. The molecule has 0 saturated heterocycles. The Bertz CT molecular complexity index is 963. The summed E-state index contributed by atoms with van der Waals surface area (Å²) in [6.45, 7) is 5.76. The van der Waals surface area contributed by atoms with Crippen LogP contribution in [0.5, 0.6) is 0 Å². The zero-order valence-corrected chi connectivity index (χ0v) is 14.2. The molecule has 0 bridgehead atoms. The van der Waals surface area contributed by atoms with Gasteiger partial charge in [-0.1, -0.05) is 6.92 Å². The average molecular weight is 324 g/mol. The lowest BCUT2D eigenvalue weighted by Gasteiger charge is -2.08. The van der Waals surface area contributed by atoms with Crippen molar-refractivity contribution in [2.24, 2.45) is 7.05 Å². The van der Waals surface area contributed by atoms with Gasteiger partial charge in [-0.05, 0) is 44.0 Å². The van der Waals surface area contributed by atoms with E-state index in [9.17, 15) is 9.90 Å². The van der Waals surface area contributed by atoms with Crippen molar-refractivity contribution in [3.8, 4) is 5.82 Å². The number of hydrogen-bond donors (Lipinski definition) is 1. The highest BCUT2D eigenvalue weighted by atomic mass is 16.4. The summed E-state index contributed by atoms with van der Waals surface area (Å²) in [6, 6.07) is 3.94. The zero-order chi connectivity index (χ0) is 17.4. The lowest BCUT2D eigenvalue weighted by atomic mass is 10.1. The second-order valence-electron chi connectivity index (χ2n) is 5.83. The highest BCUT2D eigenvalue weighted by Crippen LogP contribution is 2.27. The van der Waals surface area contributed by atoms with Gasteiger partial charge in [0.1, 0.15) is 11.5 Å². The van der Waals surface area contributed by atoms with E-state index in [-0.39, 0.29) is 0 Å². The molecule has 0 unspecified atom stereocenters. The number of hydrogen-bond acceptors (Lipinski definition) is 3. The fourth-order valence-corrected chi connectivity index (χ4v) is 2.99. The van der Waals surface area contributed by atoms with E-state index in [4.69, 9.17) is 0 Å². The minimum atomic E-state index is -0.904. The standard InChI is InChI=1S/C18H20N4O2/c1-5-13(18(23)24)9-15-12(3)20-21(4)17(15)22-10-11(2)14-7-6-8-19-16(14)22/h6-10H,5H2,1-4H3,(H,23,24). The Labute approximate surface area is 140 Å². The third kappa shape index (κ3) is 2.50. The number of carboxylic acid groups (broad SMARTS) is 1. The van der Waals surface area contributed by atoms with Crippen LogP contribution in [0.25, 0.3) is 22.9 Å². The Morgan fingerprint density at radius 3 is 2.79 bits per heavy atom. The minimum Gasteiger partial charge on any atom is -0.478 e. The normalized spacial score (nSPS) is 12.1.